The zero-order chi connectivity index (χ0) is 18.1. The third-order valence-corrected chi connectivity index (χ3v) is 3.46. The first kappa shape index (κ1) is 18.2. The van der Waals surface area contributed by atoms with Crippen LogP contribution in [0.4, 0.5) is 5.69 Å². The van der Waals surface area contributed by atoms with Gasteiger partial charge in [-0.3, -0.25) is 14.4 Å². The van der Waals surface area contributed by atoms with Crippen LogP contribution >= 0.6 is 0 Å². The second-order valence-corrected chi connectivity index (χ2v) is 5.42. The summed E-state index contributed by atoms with van der Waals surface area (Å²) in [6.07, 6.45) is 0.734. The molecule has 0 radical (unpaired) electrons. The van der Waals surface area contributed by atoms with Crippen LogP contribution in [0.1, 0.15) is 29.3 Å². The van der Waals surface area contributed by atoms with Gasteiger partial charge in [0, 0.05) is 13.1 Å². The Balaban J connectivity index is 2.02. The van der Waals surface area contributed by atoms with Crippen LogP contribution in [0.5, 0.6) is 0 Å². The highest BCUT2D eigenvalue weighted by Gasteiger charge is 2.17. The molecule has 2 aromatic carbocycles. The van der Waals surface area contributed by atoms with Gasteiger partial charge in [-0.2, -0.15) is 0 Å². The molecule has 0 bridgehead atoms. The van der Waals surface area contributed by atoms with E-state index in [0.717, 1.165) is 12.0 Å². The van der Waals surface area contributed by atoms with Crippen molar-refractivity contribution in [3.63, 3.8) is 0 Å². The number of nitrogens with one attached hydrogen (secondary N) is 3. The normalized spacial score (nSPS) is 9.96. The zero-order valence-corrected chi connectivity index (χ0v) is 14.0. The summed E-state index contributed by atoms with van der Waals surface area (Å²) in [6.45, 7) is 2.69. The molecule has 0 aromatic heterocycles. The van der Waals surface area contributed by atoms with Gasteiger partial charge in [-0.25, -0.2) is 0 Å². The summed E-state index contributed by atoms with van der Waals surface area (Å²) in [4.78, 5) is 36.0. The fourth-order valence-electron chi connectivity index (χ4n) is 2.16. The maximum atomic E-state index is 12.4. The van der Waals surface area contributed by atoms with Crippen molar-refractivity contribution in [3.05, 3.63) is 65.7 Å². The van der Waals surface area contributed by atoms with E-state index in [9.17, 15) is 14.4 Å². The molecule has 6 heteroatoms. The Kier molecular flexibility index (Phi) is 6.71. The number of anilines is 1. The molecule has 0 aliphatic heterocycles. The van der Waals surface area contributed by atoms with Crippen molar-refractivity contribution in [1.82, 2.24) is 10.6 Å². The molecule has 0 fully saturated rings. The van der Waals surface area contributed by atoms with Crippen molar-refractivity contribution < 1.29 is 14.4 Å². The van der Waals surface area contributed by atoms with Gasteiger partial charge in [0.15, 0.2) is 0 Å². The number of amides is 3. The third kappa shape index (κ3) is 5.46. The average Bonchev–Trinajstić information content (AvgIpc) is 2.65. The number of carbonyl (C=O) groups is 3. The van der Waals surface area contributed by atoms with Crippen molar-refractivity contribution in [2.45, 2.75) is 19.9 Å². The maximum absolute atomic E-state index is 12.4. The largest absolute Gasteiger partial charge is 0.348 e. The highest BCUT2D eigenvalue weighted by Crippen LogP contribution is 2.15. The van der Waals surface area contributed by atoms with E-state index in [4.69, 9.17) is 0 Å². The van der Waals surface area contributed by atoms with Gasteiger partial charge in [0.2, 0.25) is 0 Å². The van der Waals surface area contributed by atoms with E-state index in [1.54, 1.807) is 24.3 Å². The van der Waals surface area contributed by atoms with E-state index in [1.165, 1.54) is 0 Å². The Morgan fingerprint density at radius 2 is 1.52 bits per heavy atom. The van der Waals surface area contributed by atoms with Crippen molar-refractivity contribution in [1.29, 1.82) is 0 Å². The highest BCUT2D eigenvalue weighted by molar-refractivity contribution is 6.40. The van der Waals surface area contributed by atoms with Crippen molar-refractivity contribution in [3.8, 4) is 0 Å². The molecular weight excluding hydrogens is 318 g/mol. The van der Waals surface area contributed by atoms with Crippen LogP contribution in [-0.4, -0.2) is 24.3 Å². The molecule has 0 aliphatic carbocycles. The van der Waals surface area contributed by atoms with Crippen LogP contribution in [0.2, 0.25) is 0 Å². The third-order valence-electron chi connectivity index (χ3n) is 3.46. The Morgan fingerprint density at radius 1 is 0.840 bits per heavy atom. The lowest BCUT2D eigenvalue weighted by atomic mass is 10.1. The molecule has 6 nitrogen and oxygen atoms in total. The summed E-state index contributed by atoms with van der Waals surface area (Å²) in [5.74, 6) is -1.84. The summed E-state index contributed by atoms with van der Waals surface area (Å²) < 4.78 is 0. The van der Waals surface area contributed by atoms with E-state index in [2.05, 4.69) is 16.0 Å². The van der Waals surface area contributed by atoms with Crippen LogP contribution in [0.25, 0.3) is 0 Å². The molecule has 2 rings (SSSR count). The molecule has 3 N–H and O–H groups in total. The molecule has 130 valence electrons. The van der Waals surface area contributed by atoms with Crippen molar-refractivity contribution in [2.75, 3.05) is 11.9 Å². The van der Waals surface area contributed by atoms with Crippen LogP contribution in [-0.2, 0) is 16.1 Å². The molecule has 0 saturated heterocycles. The van der Waals surface area contributed by atoms with Gasteiger partial charge in [0.05, 0.1) is 11.3 Å². The minimum atomic E-state index is -0.795. The lowest BCUT2D eigenvalue weighted by Crippen LogP contribution is -2.36. The number of benzene rings is 2. The van der Waals surface area contributed by atoms with Crippen molar-refractivity contribution >= 4 is 23.4 Å². The first-order chi connectivity index (χ1) is 12.1. The molecule has 0 atom stereocenters. The molecule has 0 heterocycles. The fourth-order valence-corrected chi connectivity index (χ4v) is 2.16. The van der Waals surface area contributed by atoms with E-state index < -0.39 is 11.8 Å². The molecule has 0 aliphatic rings. The highest BCUT2D eigenvalue weighted by atomic mass is 16.2. The van der Waals surface area contributed by atoms with Gasteiger partial charge < -0.3 is 16.0 Å². The second-order valence-electron chi connectivity index (χ2n) is 5.42. The van der Waals surface area contributed by atoms with Gasteiger partial charge >= 0.3 is 11.8 Å². The van der Waals surface area contributed by atoms with Crippen LogP contribution in [0.15, 0.2) is 54.6 Å². The molecule has 0 saturated carbocycles. The number of para-hydroxylation sites is 1. The number of carbonyl (C=O) groups excluding carboxylic acids is 3. The topological polar surface area (TPSA) is 87.3 Å². The maximum Gasteiger partial charge on any atom is 0.313 e. The summed E-state index contributed by atoms with van der Waals surface area (Å²) in [5, 5.41) is 7.78. The van der Waals surface area contributed by atoms with Crippen LogP contribution in [0, 0.1) is 0 Å². The van der Waals surface area contributed by atoms with Gasteiger partial charge in [0.25, 0.3) is 5.91 Å². The lowest BCUT2D eigenvalue weighted by molar-refractivity contribution is -0.136. The summed E-state index contributed by atoms with van der Waals surface area (Å²) >= 11 is 0. The summed E-state index contributed by atoms with van der Waals surface area (Å²) in [7, 11) is 0. The molecule has 0 unspecified atom stereocenters. The van der Waals surface area contributed by atoms with Crippen LogP contribution in [0.3, 0.4) is 0 Å². The Bertz CT molecular complexity index is 745. The summed E-state index contributed by atoms with van der Waals surface area (Å²) in [5.41, 5.74) is 1.57. The average molecular weight is 339 g/mol. The predicted octanol–water partition coefficient (Wildman–Crippen LogP) is 2.08. The Labute approximate surface area is 146 Å². The first-order valence-corrected chi connectivity index (χ1v) is 8.12. The molecular formula is C19H21N3O3. The molecule has 25 heavy (non-hydrogen) atoms. The molecule has 3 amide bonds. The standard InChI is InChI=1S/C19H21N3O3/c1-2-12-20-18(24)19(25)22-16-11-7-6-10-15(16)17(23)21-13-14-8-4-3-5-9-14/h3-11H,2,12-13H2,1H3,(H,20,24)(H,21,23)(H,22,25). The monoisotopic (exact) mass is 339 g/mol. The lowest BCUT2D eigenvalue weighted by Gasteiger charge is -2.11. The van der Waals surface area contributed by atoms with E-state index in [0.29, 0.717) is 24.3 Å². The van der Waals surface area contributed by atoms with E-state index in [-0.39, 0.29) is 5.91 Å². The van der Waals surface area contributed by atoms with Crippen LogP contribution < -0.4 is 16.0 Å². The number of hydrogen-bond donors (Lipinski definition) is 3. The van der Waals surface area contributed by atoms with Gasteiger partial charge in [-0.15, -0.1) is 0 Å². The van der Waals surface area contributed by atoms with E-state index in [1.807, 2.05) is 37.3 Å². The number of rotatable bonds is 6. The minimum Gasteiger partial charge on any atom is -0.348 e. The smallest absolute Gasteiger partial charge is 0.313 e. The Morgan fingerprint density at radius 3 is 2.24 bits per heavy atom. The first-order valence-electron chi connectivity index (χ1n) is 8.12. The molecule has 2 aromatic rings. The molecule has 0 spiro atoms. The zero-order valence-electron chi connectivity index (χ0n) is 14.0. The minimum absolute atomic E-state index is 0.296. The van der Waals surface area contributed by atoms with Crippen molar-refractivity contribution in [2.24, 2.45) is 0 Å². The Hall–Kier alpha value is -3.15. The van der Waals surface area contributed by atoms with Gasteiger partial charge in [-0.05, 0) is 24.1 Å². The summed E-state index contributed by atoms with van der Waals surface area (Å²) in [6, 6.07) is 16.1. The van der Waals surface area contributed by atoms with Gasteiger partial charge in [-0.1, -0.05) is 49.4 Å². The fraction of sp³-hybridized carbons (Fsp3) is 0.211. The second kappa shape index (κ2) is 9.22. The SMILES string of the molecule is CCCNC(=O)C(=O)Nc1ccccc1C(=O)NCc1ccccc1. The quantitative estimate of drug-likeness (QED) is 0.704. The predicted molar refractivity (Wildman–Crippen MR) is 96.0 cm³/mol. The van der Waals surface area contributed by atoms with E-state index >= 15 is 0 Å². The van der Waals surface area contributed by atoms with Gasteiger partial charge in [0.1, 0.15) is 0 Å². The number of hydrogen-bond acceptors (Lipinski definition) is 3.